The summed E-state index contributed by atoms with van der Waals surface area (Å²) in [6.07, 6.45) is 2.47. The van der Waals surface area contributed by atoms with Gasteiger partial charge < -0.3 is 9.47 Å². The molecule has 17 heavy (non-hydrogen) atoms. The van der Waals surface area contributed by atoms with Crippen LogP contribution in [0.3, 0.4) is 0 Å². The summed E-state index contributed by atoms with van der Waals surface area (Å²) in [4.78, 5) is 0. The summed E-state index contributed by atoms with van der Waals surface area (Å²) in [5.41, 5.74) is 0.836. The summed E-state index contributed by atoms with van der Waals surface area (Å²) in [5, 5.41) is 10.7. The summed E-state index contributed by atoms with van der Waals surface area (Å²) < 4.78 is 10.2. The normalized spacial score (nSPS) is 16.7. The molecule has 90 valence electrons. The van der Waals surface area contributed by atoms with Crippen molar-refractivity contribution in [3.05, 3.63) is 34.2 Å². The van der Waals surface area contributed by atoms with E-state index in [1.165, 1.54) is 18.1 Å². The van der Waals surface area contributed by atoms with Crippen molar-refractivity contribution in [3.63, 3.8) is 0 Å². The third-order valence-corrected chi connectivity index (χ3v) is 3.02. The van der Waals surface area contributed by atoms with E-state index < -0.39 is 0 Å². The fourth-order valence-corrected chi connectivity index (χ4v) is 1.99. The SMILES string of the molecule is CCCC1COCOC1.N#Cc1cc2ccc1=2. The van der Waals surface area contributed by atoms with Crippen molar-refractivity contribution in [2.45, 2.75) is 19.8 Å². The highest BCUT2D eigenvalue weighted by Crippen LogP contribution is 2.13. The molecule has 1 aliphatic heterocycles. The molecule has 0 amide bonds. The zero-order chi connectivity index (χ0) is 12.1. The van der Waals surface area contributed by atoms with Crippen LogP contribution in [0.4, 0.5) is 0 Å². The van der Waals surface area contributed by atoms with Crippen LogP contribution in [0.15, 0.2) is 18.2 Å². The number of hydrogen-bond acceptors (Lipinski definition) is 3. The lowest BCUT2D eigenvalue weighted by Gasteiger charge is -2.21. The predicted octanol–water partition coefficient (Wildman–Crippen LogP) is 2.57. The molecule has 0 aromatic heterocycles. The first-order valence-electron chi connectivity index (χ1n) is 6.05. The van der Waals surface area contributed by atoms with E-state index in [0.717, 1.165) is 24.0 Å². The summed E-state index contributed by atoms with van der Waals surface area (Å²) in [5.74, 6) is 0.656. The van der Waals surface area contributed by atoms with Gasteiger partial charge in [0.2, 0.25) is 0 Å². The van der Waals surface area contributed by atoms with Crippen LogP contribution in [-0.2, 0) is 9.47 Å². The predicted molar refractivity (Wildman–Crippen MR) is 64.0 cm³/mol. The number of rotatable bonds is 2. The molecule has 1 heterocycles. The second kappa shape index (κ2) is 5.81. The molecule has 1 fully saturated rings. The highest BCUT2D eigenvalue weighted by molar-refractivity contribution is 5.41. The number of ether oxygens (including phenoxy) is 2. The van der Waals surface area contributed by atoms with E-state index in [1.54, 1.807) is 0 Å². The van der Waals surface area contributed by atoms with Gasteiger partial charge in [0, 0.05) is 5.92 Å². The van der Waals surface area contributed by atoms with Gasteiger partial charge >= 0.3 is 0 Å². The maximum absolute atomic E-state index is 8.32. The van der Waals surface area contributed by atoms with Gasteiger partial charge in [-0.05, 0) is 22.9 Å². The zero-order valence-corrected chi connectivity index (χ0v) is 10.1. The third kappa shape index (κ3) is 2.85. The van der Waals surface area contributed by atoms with Crippen molar-refractivity contribution in [3.8, 4) is 6.07 Å². The van der Waals surface area contributed by atoms with Crippen LogP contribution in [0, 0.1) is 27.7 Å². The van der Waals surface area contributed by atoms with Gasteiger partial charge in [-0.15, -0.1) is 0 Å². The minimum absolute atomic E-state index is 0.500. The second-order valence-electron chi connectivity index (χ2n) is 4.39. The molecule has 1 saturated heterocycles. The van der Waals surface area contributed by atoms with Crippen molar-refractivity contribution >= 4 is 0 Å². The first-order valence-corrected chi connectivity index (χ1v) is 6.05. The molecule has 3 heteroatoms. The van der Waals surface area contributed by atoms with Crippen molar-refractivity contribution in [2.24, 2.45) is 5.92 Å². The lowest BCUT2D eigenvalue weighted by molar-refractivity contribution is -0.127. The van der Waals surface area contributed by atoms with Crippen LogP contribution < -0.4 is 0 Å². The molecular weight excluding hydrogens is 214 g/mol. The Morgan fingerprint density at radius 1 is 1.35 bits per heavy atom. The highest BCUT2D eigenvalue weighted by Gasteiger charge is 2.11. The Balaban J connectivity index is 0.000000127. The Bertz CT molecular complexity index is 495. The zero-order valence-electron chi connectivity index (χ0n) is 10.1. The Kier molecular flexibility index (Phi) is 4.13. The van der Waals surface area contributed by atoms with E-state index in [1.807, 2.05) is 18.2 Å². The molecule has 0 bridgehead atoms. The lowest BCUT2D eigenvalue weighted by atomic mass is 10.0. The minimum Gasteiger partial charge on any atom is -0.355 e. The van der Waals surface area contributed by atoms with Crippen LogP contribution in [0.5, 0.6) is 0 Å². The van der Waals surface area contributed by atoms with E-state index in [9.17, 15) is 0 Å². The average molecular weight is 231 g/mol. The Labute approximate surface area is 101 Å². The lowest BCUT2D eigenvalue weighted by Crippen LogP contribution is -2.23. The van der Waals surface area contributed by atoms with Gasteiger partial charge in [-0.2, -0.15) is 5.26 Å². The fourth-order valence-electron chi connectivity index (χ4n) is 1.99. The van der Waals surface area contributed by atoms with Crippen molar-refractivity contribution in [1.82, 2.24) is 0 Å². The second-order valence-corrected chi connectivity index (χ2v) is 4.39. The molecule has 0 aromatic rings. The van der Waals surface area contributed by atoms with E-state index in [2.05, 4.69) is 13.0 Å². The maximum atomic E-state index is 8.32. The largest absolute Gasteiger partial charge is 0.355 e. The van der Waals surface area contributed by atoms with Crippen LogP contribution in [0.1, 0.15) is 25.3 Å². The molecule has 0 atom stereocenters. The number of hydrogen-bond donors (Lipinski definition) is 0. The van der Waals surface area contributed by atoms with Gasteiger partial charge in [-0.25, -0.2) is 0 Å². The Morgan fingerprint density at radius 3 is 2.47 bits per heavy atom. The van der Waals surface area contributed by atoms with E-state index in [-0.39, 0.29) is 0 Å². The molecular formula is C14H17NO2. The standard InChI is InChI=1S/C7H3N.C7H14O2/c8-4-6-3-5-1-2-7(5)6;1-2-3-7-4-8-6-9-5-7/h1-3H;7H,2-6H2,1H3. The fraction of sp³-hybridized carbons (Fsp3) is 0.500. The van der Waals surface area contributed by atoms with E-state index in [4.69, 9.17) is 14.7 Å². The first kappa shape index (κ1) is 12.1. The van der Waals surface area contributed by atoms with E-state index >= 15 is 0 Å². The quantitative estimate of drug-likeness (QED) is 0.797. The number of benzene rings is 1. The van der Waals surface area contributed by atoms with Crippen LogP contribution in [-0.4, -0.2) is 20.0 Å². The Morgan fingerprint density at radius 2 is 2.12 bits per heavy atom. The topological polar surface area (TPSA) is 42.2 Å². The third-order valence-electron chi connectivity index (χ3n) is 3.02. The number of nitriles is 1. The summed E-state index contributed by atoms with van der Waals surface area (Å²) in [7, 11) is 0. The van der Waals surface area contributed by atoms with Crippen molar-refractivity contribution < 1.29 is 9.47 Å². The van der Waals surface area contributed by atoms with Gasteiger partial charge in [0.05, 0.1) is 24.8 Å². The molecule has 3 rings (SSSR count). The van der Waals surface area contributed by atoms with Gasteiger partial charge in [-0.1, -0.05) is 25.5 Å². The summed E-state index contributed by atoms with van der Waals surface area (Å²) in [6, 6.07) is 7.96. The van der Waals surface area contributed by atoms with Crippen molar-refractivity contribution in [2.75, 3.05) is 20.0 Å². The molecule has 0 aromatic carbocycles. The van der Waals surface area contributed by atoms with Crippen molar-refractivity contribution in [1.29, 1.82) is 5.26 Å². The maximum Gasteiger partial charge on any atom is 0.146 e. The molecule has 0 saturated carbocycles. The van der Waals surface area contributed by atoms with Gasteiger partial charge in [0.15, 0.2) is 0 Å². The monoisotopic (exact) mass is 231 g/mol. The minimum atomic E-state index is 0.500. The smallest absolute Gasteiger partial charge is 0.146 e. The first-order chi connectivity index (χ1) is 8.35. The molecule has 0 unspecified atom stereocenters. The Hall–Kier alpha value is -1.37. The summed E-state index contributed by atoms with van der Waals surface area (Å²) in [6.45, 7) is 4.48. The van der Waals surface area contributed by atoms with Gasteiger partial charge in [-0.3, -0.25) is 0 Å². The van der Waals surface area contributed by atoms with Crippen LogP contribution >= 0.6 is 0 Å². The molecule has 3 nitrogen and oxygen atoms in total. The highest BCUT2D eigenvalue weighted by atomic mass is 16.7. The average Bonchev–Trinajstić information content (AvgIpc) is 2.35. The van der Waals surface area contributed by atoms with Gasteiger partial charge in [0.1, 0.15) is 6.79 Å². The molecule has 0 radical (unpaired) electrons. The van der Waals surface area contributed by atoms with E-state index in [0.29, 0.717) is 12.7 Å². The molecule has 2 aliphatic carbocycles. The molecule has 3 aliphatic rings. The molecule has 0 N–H and O–H groups in total. The molecule has 0 spiro atoms. The summed E-state index contributed by atoms with van der Waals surface area (Å²) >= 11 is 0. The van der Waals surface area contributed by atoms with Crippen LogP contribution in [0.25, 0.3) is 0 Å². The number of nitrogens with zero attached hydrogens (tertiary/aromatic N) is 1. The van der Waals surface area contributed by atoms with Gasteiger partial charge in [0.25, 0.3) is 0 Å². The van der Waals surface area contributed by atoms with Crippen LogP contribution in [0.2, 0.25) is 0 Å².